The largest absolute Gasteiger partial charge is 0.330 e. The van der Waals surface area contributed by atoms with E-state index in [1.165, 1.54) is 31.4 Å². The van der Waals surface area contributed by atoms with Crippen molar-refractivity contribution < 1.29 is 0 Å². The third-order valence-corrected chi connectivity index (χ3v) is 3.00. The van der Waals surface area contributed by atoms with Crippen molar-refractivity contribution in [2.75, 3.05) is 6.54 Å². The fourth-order valence-corrected chi connectivity index (χ4v) is 2.17. The second kappa shape index (κ2) is 4.60. The van der Waals surface area contributed by atoms with E-state index in [4.69, 9.17) is 5.73 Å². The van der Waals surface area contributed by atoms with E-state index in [1.807, 2.05) is 0 Å². The number of hydrogen-bond donors (Lipinski definition) is 1. The maximum atomic E-state index is 5.47. The van der Waals surface area contributed by atoms with Gasteiger partial charge in [0.15, 0.2) is 0 Å². The second-order valence-corrected chi connectivity index (χ2v) is 4.12. The summed E-state index contributed by atoms with van der Waals surface area (Å²) in [6.45, 7) is 0.760. The fourth-order valence-electron chi connectivity index (χ4n) is 2.17. The molecule has 1 aromatic heterocycles. The van der Waals surface area contributed by atoms with E-state index in [1.54, 1.807) is 0 Å². The maximum absolute atomic E-state index is 5.47. The van der Waals surface area contributed by atoms with Crippen LogP contribution in [0.15, 0.2) is 12.3 Å². The molecule has 0 aromatic carbocycles. The Kier molecular flexibility index (Phi) is 3.19. The average molecular weight is 193 g/mol. The minimum absolute atomic E-state index is 0.668. The van der Waals surface area contributed by atoms with Crippen molar-refractivity contribution in [2.24, 2.45) is 5.73 Å². The van der Waals surface area contributed by atoms with Crippen LogP contribution in [-0.4, -0.2) is 16.3 Å². The van der Waals surface area contributed by atoms with E-state index in [-0.39, 0.29) is 0 Å². The van der Waals surface area contributed by atoms with Crippen LogP contribution in [0.1, 0.15) is 43.8 Å². The summed E-state index contributed by atoms with van der Waals surface area (Å²) in [5.74, 6) is 0. The molecule has 2 rings (SSSR count). The maximum Gasteiger partial charge on any atom is 0.0625 e. The molecule has 3 heteroatoms. The molecular weight excluding hydrogens is 174 g/mol. The number of aromatic nitrogens is 2. The second-order valence-electron chi connectivity index (χ2n) is 4.12. The van der Waals surface area contributed by atoms with Gasteiger partial charge in [0.05, 0.1) is 11.7 Å². The molecule has 0 saturated heterocycles. The van der Waals surface area contributed by atoms with Gasteiger partial charge in [-0.05, 0) is 38.3 Å². The summed E-state index contributed by atoms with van der Waals surface area (Å²) in [5, 5.41) is 4.59. The Morgan fingerprint density at radius 1 is 1.43 bits per heavy atom. The molecule has 0 radical (unpaired) electrons. The molecule has 3 nitrogen and oxygen atoms in total. The van der Waals surface area contributed by atoms with Crippen molar-refractivity contribution in [3.8, 4) is 0 Å². The van der Waals surface area contributed by atoms with Gasteiger partial charge in [0.1, 0.15) is 0 Å². The van der Waals surface area contributed by atoms with Gasteiger partial charge in [0.25, 0.3) is 0 Å². The topological polar surface area (TPSA) is 43.8 Å². The molecule has 78 valence electrons. The zero-order chi connectivity index (χ0) is 9.80. The summed E-state index contributed by atoms with van der Waals surface area (Å²) >= 11 is 0. The Balaban J connectivity index is 1.94. The summed E-state index contributed by atoms with van der Waals surface area (Å²) in [6.07, 6.45) is 9.53. The number of nitrogens with two attached hydrogens (primary N) is 1. The zero-order valence-corrected chi connectivity index (χ0v) is 8.65. The summed E-state index contributed by atoms with van der Waals surface area (Å²) in [5.41, 5.74) is 6.67. The predicted octanol–water partition coefficient (Wildman–Crippen LogP) is 1.89. The predicted molar refractivity (Wildman–Crippen MR) is 57.1 cm³/mol. The van der Waals surface area contributed by atoms with E-state index < -0.39 is 0 Å². The summed E-state index contributed by atoms with van der Waals surface area (Å²) in [7, 11) is 0. The van der Waals surface area contributed by atoms with Gasteiger partial charge < -0.3 is 5.73 Å². The van der Waals surface area contributed by atoms with Crippen molar-refractivity contribution in [1.29, 1.82) is 0 Å². The van der Waals surface area contributed by atoms with Gasteiger partial charge in [-0.3, -0.25) is 4.68 Å². The molecule has 0 bridgehead atoms. The molecule has 0 aliphatic heterocycles. The van der Waals surface area contributed by atoms with Gasteiger partial charge >= 0.3 is 0 Å². The van der Waals surface area contributed by atoms with Crippen LogP contribution in [0.3, 0.4) is 0 Å². The molecule has 1 aromatic rings. The molecule has 0 amide bonds. The SMILES string of the molecule is NCCCc1ccn(C2CCCC2)n1. The number of hydrogen-bond acceptors (Lipinski definition) is 2. The summed E-state index contributed by atoms with van der Waals surface area (Å²) < 4.78 is 2.15. The van der Waals surface area contributed by atoms with Crippen LogP contribution in [-0.2, 0) is 6.42 Å². The monoisotopic (exact) mass is 193 g/mol. The molecule has 1 saturated carbocycles. The first kappa shape index (κ1) is 9.71. The van der Waals surface area contributed by atoms with E-state index in [0.29, 0.717) is 6.04 Å². The highest BCUT2D eigenvalue weighted by atomic mass is 15.3. The number of nitrogens with zero attached hydrogens (tertiary/aromatic N) is 2. The van der Waals surface area contributed by atoms with Crippen LogP contribution in [0.4, 0.5) is 0 Å². The molecule has 0 spiro atoms. The Bertz CT molecular complexity index is 274. The summed E-state index contributed by atoms with van der Waals surface area (Å²) in [4.78, 5) is 0. The third-order valence-electron chi connectivity index (χ3n) is 3.00. The molecule has 1 fully saturated rings. The minimum atomic E-state index is 0.668. The summed E-state index contributed by atoms with van der Waals surface area (Å²) in [6, 6.07) is 2.80. The number of aryl methyl sites for hydroxylation is 1. The van der Waals surface area contributed by atoms with Gasteiger partial charge in [-0.25, -0.2) is 0 Å². The van der Waals surface area contributed by atoms with Crippen LogP contribution in [0, 0.1) is 0 Å². The van der Waals surface area contributed by atoms with Crippen LogP contribution in [0.25, 0.3) is 0 Å². The van der Waals surface area contributed by atoms with Gasteiger partial charge in [-0.1, -0.05) is 12.8 Å². The van der Waals surface area contributed by atoms with Crippen LogP contribution in [0.2, 0.25) is 0 Å². The van der Waals surface area contributed by atoms with Crippen molar-refractivity contribution in [3.63, 3.8) is 0 Å². The van der Waals surface area contributed by atoms with Crippen molar-refractivity contribution in [1.82, 2.24) is 9.78 Å². The fraction of sp³-hybridized carbons (Fsp3) is 0.727. The number of rotatable bonds is 4. The van der Waals surface area contributed by atoms with Crippen molar-refractivity contribution in [2.45, 2.75) is 44.6 Å². The Morgan fingerprint density at radius 2 is 2.21 bits per heavy atom. The lowest BCUT2D eigenvalue weighted by atomic mass is 10.2. The first-order chi connectivity index (χ1) is 6.90. The molecule has 0 atom stereocenters. The Hall–Kier alpha value is -0.830. The van der Waals surface area contributed by atoms with Gasteiger partial charge in [0.2, 0.25) is 0 Å². The lowest BCUT2D eigenvalue weighted by Crippen LogP contribution is -2.06. The first-order valence-electron chi connectivity index (χ1n) is 5.64. The average Bonchev–Trinajstić information content (AvgIpc) is 2.85. The molecule has 0 unspecified atom stereocenters. The van der Waals surface area contributed by atoms with Crippen LogP contribution in [0.5, 0.6) is 0 Å². The third kappa shape index (κ3) is 2.15. The molecule has 14 heavy (non-hydrogen) atoms. The van der Waals surface area contributed by atoms with Crippen molar-refractivity contribution >= 4 is 0 Å². The lowest BCUT2D eigenvalue weighted by Gasteiger charge is -2.08. The van der Waals surface area contributed by atoms with E-state index >= 15 is 0 Å². The van der Waals surface area contributed by atoms with Gasteiger partial charge in [-0.15, -0.1) is 0 Å². The van der Waals surface area contributed by atoms with Crippen LogP contribution < -0.4 is 5.73 Å². The molecule has 2 N–H and O–H groups in total. The molecule has 1 heterocycles. The first-order valence-corrected chi connectivity index (χ1v) is 5.64. The normalized spacial score (nSPS) is 17.8. The molecule has 1 aliphatic rings. The minimum Gasteiger partial charge on any atom is -0.330 e. The Morgan fingerprint density at radius 3 is 2.93 bits per heavy atom. The quantitative estimate of drug-likeness (QED) is 0.793. The van der Waals surface area contributed by atoms with E-state index in [9.17, 15) is 0 Å². The zero-order valence-electron chi connectivity index (χ0n) is 8.65. The van der Waals surface area contributed by atoms with E-state index in [2.05, 4.69) is 22.0 Å². The van der Waals surface area contributed by atoms with Crippen LogP contribution >= 0.6 is 0 Å². The molecule has 1 aliphatic carbocycles. The highest BCUT2D eigenvalue weighted by molar-refractivity contribution is 5.00. The standard InChI is InChI=1S/C11H19N3/c12-8-3-4-10-7-9-14(13-10)11-5-1-2-6-11/h7,9,11H,1-6,8,12H2. The van der Waals surface area contributed by atoms with Crippen molar-refractivity contribution in [3.05, 3.63) is 18.0 Å². The van der Waals surface area contributed by atoms with E-state index in [0.717, 1.165) is 19.4 Å². The highest BCUT2D eigenvalue weighted by Crippen LogP contribution is 2.28. The lowest BCUT2D eigenvalue weighted by molar-refractivity contribution is 0.462. The smallest absolute Gasteiger partial charge is 0.0625 e. The van der Waals surface area contributed by atoms with Gasteiger partial charge in [-0.2, -0.15) is 5.10 Å². The highest BCUT2D eigenvalue weighted by Gasteiger charge is 2.17. The Labute approximate surface area is 85.3 Å². The molecular formula is C11H19N3. The van der Waals surface area contributed by atoms with Gasteiger partial charge in [0, 0.05) is 6.20 Å².